The Bertz CT molecular complexity index is 1520. The van der Waals surface area contributed by atoms with Crippen LogP contribution in [0.4, 0.5) is 5.69 Å². The van der Waals surface area contributed by atoms with Gasteiger partial charge in [0, 0.05) is 42.0 Å². The molecule has 1 aliphatic carbocycles. The summed E-state index contributed by atoms with van der Waals surface area (Å²) in [4.78, 5) is 79.6. The number of likely N-dealkylation sites (tertiary alicyclic amines) is 1. The zero-order valence-corrected chi connectivity index (χ0v) is 28.1. The maximum absolute atomic E-state index is 13.6. The summed E-state index contributed by atoms with van der Waals surface area (Å²) >= 11 is 0. The minimum absolute atomic E-state index is 0.0945. The number of carbonyl (C=O) groups excluding carboxylic acids is 6. The van der Waals surface area contributed by atoms with Gasteiger partial charge in [0.2, 0.25) is 23.6 Å². The van der Waals surface area contributed by atoms with Crippen molar-refractivity contribution in [1.82, 2.24) is 20.9 Å². The molecule has 1 aliphatic heterocycles. The fraction of sp³-hybridized carbons (Fsp3) is 0.500. The predicted octanol–water partition coefficient (Wildman–Crippen LogP) is 2.54. The van der Waals surface area contributed by atoms with Gasteiger partial charge < -0.3 is 31.9 Å². The van der Waals surface area contributed by atoms with Crippen LogP contribution in [-0.4, -0.2) is 84.4 Å². The molecule has 1 saturated heterocycles. The van der Waals surface area contributed by atoms with Crippen LogP contribution in [0.1, 0.15) is 97.6 Å². The second kappa shape index (κ2) is 17.0. The molecule has 0 spiro atoms. The van der Waals surface area contributed by atoms with Crippen LogP contribution in [-0.2, 0) is 19.2 Å². The molecule has 12 nitrogen and oxygen atoms in total. The van der Waals surface area contributed by atoms with Gasteiger partial charge in [0.1, 0.15) is 12.1 Å². The van der Waals surface area contributed by atoms with E-state index in [-0.39, 0.29) is 35.8 Å². The lowest BCUT2D eigenvalue weighted by Crippen LogP contribution is -2.55. The van der Waals surface area contributed by atoms with Crippen LogP contribution < -0.4 is 27.0 Å². The summed E-state index contributed by atoms with van der Waals surface area (Å²) in [5, 5.41) is 11.5. The first kappa shape index (κ1) is 36.3. The number of benzene rings is 2. The van der Waals surface area contributed by atoms with Crippen molar-refractivity contribution in [2.45, 2.75) is 83.8 Å². The van der Waals surface area contributed by atoms with Gasteiger partial charge in [-0.25, -0.2) is 0 Å². The Morgan fingerprint density at radius 1 is 0.917 bits per heavy atom. The number of rotatable bonds is 16. The molecule has 12 heteroatoms. The number of carbonyl (C=O) groups is 6. The zero-order chi connectivity index (χ0) is 34.8. The summed E-state index contributed by atoms with van der Waals surface area (Å²) in [6.07, 6.45) is 4.34. The molecule has 2 aromatic carbocycles. The number of anilines is 1. The predicted molar refractivity (Wildman–Crippen MR) is 182 cm³/mol. The van der Waals surface area contributed by atoms with Gasteiger partial charge in [-0.1, -0.05) is 70.0 Å². The minimum Gasteiger partial charge on any atom is -0.384 e. The number of hydrogen-bond acceptors (Lipinski definition) is 8. The van der Waals surface area contributed by atoms with Crippen LogP contribution in [0.25, 0.3) is 0 Å². The lowest BCUT2D eigenvalue weighted by Gasteiger charge is -2.29. The smallest absolute Gasteiger partial charge is 0.245 e. The van der Waals surface area contributed by atoms with Crippen LogP contribution in [0.2, 0.25) is 0 Å². The van der Waals surface area contributed by atoms with E-state index in [9.17, 15) is 28.8 Å². The van der Waals surface area contributed by atoms with E-state index in [1.54, 1.807) is 42.5 Å². The van der Waals surface area contributed by atoms with Gasteiger partial charge in [0.05, 0.1) is 18.2 Å². The van der Waals surface area contributed by atoms with Crippen LogP contribution in [0.15, 0.2) is 42.5 Å². The molecule has 4 rings (SSSR count). The average molecular weight is 661 g/mol. The third kappa shape index (κ3) is 8.85. The second-order valence-corrected chi connectivity index (χ2v) is 12.9. The lowest BCUT2D eigenvalue weighted by molar-refractivity contribution is -0.141. The number of hydrogen-bond donors (Lipinski definition) is 5. The van der Waals surface area contributed by atoms with Gasteiger partial charge >= 0.3 is 0 Å². The Kier molecular flexibility index (Phi) is 12.8. The molecule has 4 amide bonds. The summed E-state index contributed by atoms with van der Waals surface area (Å²) in [5.41, 5.74) is 7.96. The molecule has 258 valence electrons. The molecule has 0 saturated carbocycles. The van der Waals surface area contributed by atoms with Crippen LogP contribution in [0.3, 0.4) is 0 Å². The summed E-state index contributed by atoms with van der Waals surface area (Å²) in [6.45, 7) is 6.78. The van der Waals surface area contributed by atoms with E-state index in [4.69, 9.17) is 5.73 Å². The molecule has 6 N–H and O–H groups in total. The molecule has 0 bridgehead atoms. The zero-order valence-electron chi connectivity index (χ0n) is 28.1. The molecule has 2 aliphatic rings. The van der Waals surface area contributed by atoms with Crippen LogP contribution >= 0.6 is 0 Å². The summed E-state index contributed by atoms with van der Waals surface area (Å²) < 4.78 is 0. The Hall–Kier alpha value is -4.58. The van der Waals surface area contributed by atoms with Gasteiger partial charge in [0.15, 0.2) is 11.6 Å². The molecule has 3 atom stereocenters. The largest absolute Gasteiger partial charge is 0.384 e. The minimum atomic E-state index is -0.834. The Morgan fingerprint density at radius 3 is 2.33 bits per heavy atom. The highest BCUT2D eigenvalue weighted by atomic mass is 16.2. The first-order valence-electron chi connectivity index (χ1n) is 17.0. The standard InChI is InChI=1S/C36H48N6O6/c1-4-5-14-26(37)34(46)40-21-30(43)41-28(20-22(2)3)36(48)42-19-9-16-29(42)35(47)39-18-10-17-38-27-15-8-13-25-31(27)33(45)24-12-7-6-11-23(24)32(25)44/h6-8,11-13,15,22,26,28-29,38H,4-5,9-10,14,16-21,37H2,1-3H3,(H,39,47)(H,40,46)(H,41,43)/t26-,28-,29-/m0/s1. The summed E-state index contributed by atoms with van der Waals surface area (Å²) in [6, 6.07) is 9.78. The van der Waals surface area contributed by atoms with E-state index in [0.29, 0.717) is 79.7 Å². The molecule has 2 aromatic rings. The Morgan fingerprint density at radius 2 is 1.62 bits per heavy atom. The molecule has 1 fully saturated rings. The third-order valence-electron chi connectivity index (χ3n) is 8.73. The summed E-state index contributed by atoms with van der Waals surface area (Å²) in [7, 11) is 0. The van der Waals surface area contributed by atoms with E-state index < -0.39 is 29.9 Å². The second-order valence-electron chi connectivity index (χ2n) is 12.9. The first-order valence-corrected chi connectivity index (χ1v) is 17.0. The number of fused-ring (bicyclic) bond motifs is 2. The van der Waals surface area contributed by atoms with Crippen LogP contribution in [0.5, 0.6) is 0 Å². The van der Waals surface area contributed by atoms with Gasteiger partial charge in [0.25, 0.3) is 0 Å². The van der Waals surface area contributed by atoms with E-state index in [2.05, 4.69) is 21.3 Å². The van der Waals surface area contributed by atoms with Crippen molar-refractivity contribution in [2.24, 2.45) is 11.7 Å². The van der Waals surface area contributed by atoms with Gasteiger partial charge in [-0.05, 0) is 44.1 Å². The van der Waals surface area contributed by atoms with Crippen molar-refractivity contribution in [3.8, 4) is 0 Å². The van der Waals surface area contributed by atoms with Gasteiger partial charge in [-0.2, -0.15) is 0 Å². The quantitative estimate of drug-likeness (QED) is 0.145. The highest BCUT2D eigenvalue weighted by Crippen LogP contribution is 2.32. The molecule has 1 heterocycles. The van der Waals surface area contributed by atoms with E-state index >= 15 is 0 Å². The maximum atomic E-state index is 13.6. The fourth-order valence-electron chi connectivity index (χ4n) is 6.23. The van der Waals surface area contributed by atoms with Crippen molar-refractivity contribution in [1.29, 1.82) is 0 Å². The SMILES string of the molecule is CCCC[C@H](N)C(=O)NCC(=O)N[C@@H](CC(C)C)C(=O)N1CCC[C@H]1C(=O)NCCCNc1cccc2c1C(=O)c1ccccc1C2=O. The Labute approximate surface area is 282 Å². The summed E-state index contributed by atoms with van der Waals surface area (Å²) in [5.74, 6) is -1.78. The van der Waals surface area contributed by atoms with Crippen molar-refractivity contribution in [3.05, 3.63) is 64.7 Å². The normalized spacial score (nSPS) is 16.5. The van der Waals surface area contributed by atoms with Crippen molar-refractivity contribution >= 4 is 40.9 Å². The maximum Gasteiger partial charge on any atom is 0.245 e. The van der Waals surface area contributed by atoms with Crippen molar-refractivity contribution in [2.75, 3.05) is 31.5 Å². The third-order valence-corrected chi connectivity index (χ3v) is 8.73. The number of nitrogens with zero attached hydrogens (tertiary/aromatic N) is 1. The number of ketones is 2. The monoisotopic (exact) mass is 660 g/mol. The van der Waals surface area contributed by atoms with E-state index in [0.717, 1.165) is 12.8 Å². The molecule has 48 heavy (non-hydrogen) atoms. The van der Waals surface area contributed by atoms with E-state index in [1.807, 2.05) is 20.8 Å². The van der Waals surface area contributed by atoms with Crippen molar-refractivity contribution in [3.63, 3.8) is 0 Å². The molecular formula is C36H48N6O6. The van der Waals surface area contributed by atoms with Crippen LogP contribution in [0, 0.1) is 5.92 Å². The molecule has 0 aromatic heterocycles. The number of nitrogens with one attached hydrogen (secondary N) is 4. The fourth-order valence-corrected chi connectivity index (χ4v) is 6.23. The van der Waals surface area contributed by atoms with E-state index in [1.165, 1.54) is 4.90 Å². The molecular weight excluding hydrogens is 612 g/mol. The number of amides is 4. The molecule has 0 unspecified atom stereocenters. The average Bonchev–Trinajstić information content (AvgIpc) is 3.57. The topological polar surface area (TPSA) is 180 Å². The van der Waals surface area contributed by atoms with Gasteiger partial charge in [-0.3, -0.25) is 28.8 Å². The Balaban J connectivity index is 1.28. The van der Waals surface area contributed by atoms with Crippen molar-refractivity contribution < 1.29 is 28.8 Å². The van der Waals surface area contributed by atoms with Gasteiger partial charge in [-0.15, -0.1) is 0 Å². The highest BCUT2D eigenvalue weighted by Gasteiger charge is 2.38. The highest BCUT2D eigenvalue weighted by molar-refractivity contribution is 6.30. The molecule has 0 radical (unpaired) electrons. The number of unbranched alkanes of at least 4 members (excludes halogenated alkanes) is 1. The number of nitrogens with two attached hydrogens (primary N) is 1. The first-order chi connectivity index (χ1) is 23.0. The lowest BCUT2D eigenvalue weighted by atomic mass is 9.83.